The molecule has 1 aliphatic carbocycles. The molecule has 2 aromatic carbocycles. The first-order chi connectivity index (χ1) is 12.9. The van der Waals surface area contributed by atoms with E-state index in [-0.39, 0.29) is 17.6 Å². The van der Waals surface area contributed by atoms with Crippen LogP contribution in [0.1, 0.15) is 18.7 Å². The number of halogens is 4. The summed E-state index contributed by atoms with van der Waals surface area (Å²) in [6.45, 7) is 0. The summed E-state index contributed by atoms with van der Waals surface area (Å²) in [5, 5.41) is 3.09. The standard InChI is InChI=1S/C20H15F4N3/c21-14-8-6-13(7-9-14)17-16(12-4-2-1-3-5-12)18(25-15-10-11-15)27-19(26-17)20(22,23)24/h1-9,15H,10-11H2,(H,25,26,27). The fraction of sp³-hybridized carbons (Fsp3) is 0.200. The number of anilines is 1. The molecule has 0 atom stereocenters. The number of nitrogens with one attached hydrogen (secondary N) is 1. The van der Waals surface area contributed by atoms with Crippen molar-refractivity contribution in [1.82, 2.24) is 9.97 Å². The molecule has 0 amide bonds. The Balaban J connectivity index is 1.98. The van der Waals surface area contributed by atoms with Crippen LogP contribution in [0.15, 0.2) is 54.6 Å². The van der Waals surface area contributed by atoms with Crippen LogP contribution in [0.2, 0.25) is 0 Å². The lowest BCUT2D eigenvalue weighted by molar-refractivity contribution is -0.144. The van der Waals surface area contributed by atoms with Gasteiger partial charge in [-0.05, 0) is 42.7 Å². The van der Waals surface area contributed by atoms with Crippen LogP contribution in [0.5, 0.6) is 0 Å². The fourth-order valence-electron chi connectivity index (χ4n) is 2.81. The molecule has 27 heavy (non-hydrogen) atoms. The topological polar surface area (TPSA) is 37.8 Å². The van der Waals surface area contributed by atoms with E-state index in [9.17, 15) is 17.6 Å². The van der Waals surface area contributed by atoms with Crippen LogP contribution in [0, 0.1) is 5.82 Å². The predicted octanol–water partition coefficient (Wildman–Crippen LogP) is 5.54. The van der Waals surface area contributed by atoms with Gasteiger partial charge in [0.1, 0.15) is 11.6 Å². The molecule has 0 saturated heterocycles. The summed E-state index contributed by atoms with van der Waals surface area (Å²) in [7, 11) is 0. The lowest BCUT2D eigenvalue weighted by Crippen LogP contribution is -2.16. The number of rotatable bonds is 4. The molecule has 1 saturated carbocycles. The minimum atomic E-state index is -4.69. The Morgan fingerprint density at radius 1 is 0.852 bits per heavy atom. The predicted molar refractivity (Wildman–Crippen MR) is 94.5 cm³/mol. The Morgan fingerprint density at radius 2 is 1.52 bits per heavy atom. The third-order valence-electron chi connectivity index (χ3n) is 4.26. The number of aromatic nitrogens is 2. The lowest BCUT2D eigenvalue weighted by Gasteiger charge is -2.18. The number of benzene rings is 2. The van der Waals surface area contributed by atoms with Crippen LogP contribution in [-0.2, 0) is 6.18 Å². The smallest absolute Gasteiger partial charge is 0.367 e. The van der Waals surface area contributed by atoms with Gasteiger partial charge in [0.15, 0.2) is 0 Å². The minimum Gasteiger partial charge on any atom is -0.367 e. The van der Waals surface area contributed by atoms with Crippen molar-refractivity contribution in [2.45, 2.75) is 25.1 Å². The van der Waals surface area contributed by atoms with Gasteiger partial charge in [-0.3, -0.25) is 0 Å². The summed E-state index contributed by atoms with van der Waals surface area (Å²) >= 11 is 0. The molecular weight excluding hydrogens is 358 g/mol. The summed E-state index contributed by atoms with van der Waals surface area (Å²) < 4.78 is 53.5. The number of alkyl halides is 3. The van der Waals surface area contributed by atoms with Gasteiger partial charge >= 0.3 is 6.18 Å². The van der Waals surface area contributed by atoms with Crippen LogP contribution < -0.4 is 5.32 Å². The number of nitrogens with zero attached hydrogens (tertiary/aromatic N) is 2. The third kappa shape index (κ3) is 3.77. The van der Waals surface area contributed by atoms with Gasteiger partial charge in [-0.15, -0.1) is 0 Å². The summed E-state index contributed by atoms with van der Waals surface area (Å²) in [4.78, 5) is 7.59. The second-order valence-corrected chi connectivity index (χ2v) is 6.41. The second-order valence-electron chi connectivity index (χ2n) is 6.41. The van der Waals surface area contributed by atoms with E-state index in [0.717, 1.165) is 12.8 Å². The molecule has 3 nitrogen and oxygen atoms in total. The summed E-state index contributed by atoms with van der Waals surface area (Å²) in [5.41, 5.74) is 1.67. The summed E-state index contributed by atoms with van der Waals surface area (Å²) in [6.07, 6.45) is -2.93. The Labute approximate surface area is 153 Å². The Morgan fingerprint density at radius 3 is 2.11 bits per heavy atom. The first kappa shape index (κ1) is 17.5. The van der Waals surface area contributed by atoms with E-state index in [0.29, 0.717) is 16.7 Å². The van der Waals surface area contributed by atoms with Gasteiger partial charge in [0, 0.05) is 11.6 Å². The SMILES string of the molecule is Fc1ccc(-c2nc(C(F)(F)F)nc(NC3CC3)c2-c2ccccc2)cc1. The van der Waals surface area contributed by atoms with Crippen molar-refractivity contribution >= 4 is 5.82 Å². The van der Waals surface area contributed by atoms with Crippen LogP contribution in [-0.4, -0.2) is 16.0 Å². The van der Waals surface area contributed by atoms with Gasteiger partial charge in [0.2, 0.25) is 5.82 Å². The first-order valence-corrected chi connectivity index (χ1v) is 8.49. The van der Waals surface area contributed by atoms with Gasteiger partial charge in [-0.25, -0.2) is 14.4 Å². The molecular formula is C20H15F4N3. The van der Waals surface area contributed by atoms with E-state index >= 15 is 0 Å². The molecule has 1 fully saturated rings. The van der Waals surface area contributed by atoms with E-state index < -0.39 is 17.8 Å². The average Bonchev–Trinajstić information content (AvgIpc) is 3.46. The highest BCUT2D eigenvalue weighted by Crippen LogP contribution is 2.40. The van der Waals surface area contributed by atoms with Crippen LogP contribution in [0.4, 0.5) is 23.4 Å². The van der Waals surface area contributed by atoms with Crippen LogP contribution in [0.3, 0.4) is 0 Å². The van der Waals surface area contributed by atoms with E-state index in [4.69, 9.17) is 0 Å². The molecule has 1 heterocycles. The maximum absolute atomic E-state index is 13.4. The zero-order chi connectivity index (χ0) is 19.0. The number of hydrogen-bond acceptors (Lipinski definition) is 3. The molecule has 1 aromatic heterocycles. The van der Waals surface area contributed by atoms with Gasteiger partial charge in [-0.1, -0.05) is 30.3 Å². The van der Waals surface area contributed by atoms with Crippen molar-refractivity contribution in [1.29, 1.82) is 0 Å². The Hall–Kier alpha value is -2.96. The molecule has 1 N–H and O–H groups in total. The highest BCUT2D eigenvalue weighted by molar-refractivity contribution is 5.88. The quantitative estimate of drug-likeness (QED) is 0.610. The zero-order valence-corrected chi connectivity index (χ0v) is 14.1. The van der Waals surface area contributed by atoms with Gasteiger partial charge in [0.05, 0.1) is 11.3 Å². The lowest BCUT2D eigenvalue weighted by atomic mass is 9.99. The van der Waals surface area contributed by atoms with Crippen molar-refractivity contribution in [3.63, 3.8) is 0 Å². The van der Waals surface area contributed by atoms with Crippen molar-refractivity contribution in [2.75, 3.05) is 5.32 Å². The van der Waals surface area contributed by atoms with Crippen molar-refractivity contribution in [3.05, 3.63) is 66.2 Å². The maximum Gasteiger partial charge on any atom is 0.451 e. The molecule has 0 spiro atoms. The van der Waals surface area contributed by atoms with Crippen LogP contribution >= 0.6 is 0 Å². The molecule has 3 aromatic rings. The van der Waals surface area contributed by atoms with Crippen molar-refractivity contribution < 1.29 is 17.6 Å². The van der Waals surface area contributed by atoms with Crippen molar-refractivity contribution in [3.8, 4) is 22.4 Å². The maximum atomic E-state index is 13.4. The largest absolute Gasteiger partial charge is 0.451 e. The van der Waals surface area contributed by atoms with E-state index in [1.807, 2.05) is 6.07 Å². The monoisotopic (exact) mass is 373 g/mol. The molecule has 0 aliphatic heterocycles. The number of hydrogen-bond donors (Lipinski definition) is 1. The molecule has 4 rings (SSSR count). The summed E-state index contributed by atoms with van der Waals surface area (Å²) in [6, 6.07) is 14.3. The molecule has 0 unspecified atom stereocenters. The van der Waals surface area contributed by atoms with E-state index in [1.54, 1.807) is 24.3 Å². The molecule has 1 aliphatic rings. The highest BCUT2D eigenvalue weighted by Gasteiger charge is 2.37. The van der Waals surface area contributed by atoms with Gasteiger partial charge < -0.3 is 5.32 Å². The molecule has 138 valence electrons. The molecule has 7 heteroatoms. The summed E-state index contributed by atoms with van der Waals surface area (Å²) in [5.74, 6) is -1.54. The molecule has 0 radical (unpaired) electrons. The normalized spacial score (nSPS) is 14.2. The fourth-order valence-corrected chi connectivity index (χ4v) is 2.81. The Kier molecular flexibility index (Phi) is 4.30. The second kappa shape index (κ2) is 6.64. The minimum absolute atomic E-state index is 0.101. The average molecular weight is 373 g/mol. The Bertz CT molecular complexity index is 949. The van der Waals surface area contributed by atoms with E-state index in [2.05, 4.69) is 15.3 Å². The van der Waals surface area contributed by atoms with Crippen LogP contribution in [0.25, 0.3) is 22.4 Å². The first-order valence-electron chi connectivity index (χ1n) is 8.49. The van der Waals surface area contributed by atoms with Crippen molar-refractivity contribution in [2.24, 2.45) is 0 Å². The molecule has 0 bridgehead atoms. The van der Waals surface area contributed by atoms with Gasteiger partial charge in [0.25, 0.3) is 0 Å². The van der Waals surface area contributed by atoms with E-state index in [1.165, 1.54) is 24.3 Å². The highest BCUT2D eigenvalue weighted by atomic mass is 19.4. The zero-order valence-electron chi connectivity index (χ0n) is 14.1. The third-order valence-corrected chi connectivity index (χ3v) is 4.26. The van der Waals surface area contributed by atoms with Gasteiger partial charge in [-0.2, -0.15) is 13.2 Å².